The number of halogens is 1. The van der Waals surface area contributed by atoms with Crippen LogP contribution in [0, 0.1) is 5.92 Å². The molecule has 3 N–H and O–H groups in total. The van der Waals surface area contributed by atoms with Crippen LogP contribution in [-0.4, -0.2) is 17.4 Å². The maximum atomic E-state index is 12.0. The van der Waals surface area contributed by atoms with Gasteiger partial charge in [-0.25, -0.2) is 0 Å². The van der Waals surface area contributed by atoms with Crippen LogP contribution < -0.4 is 11.1 Å². The first-order valence-corrected chi connectivity index (χ1v) is 7.77. The van der Waals surface area contributed by atoms with Crippen LogP contribution in [-0.2, 0) is 16.0 Å². The van der Waals surface area contributed by atoms with Gasteiger partial charge < -0.3 is 11.1 Å². The second-order valence-electron chi connectivity index (χ2n) is 5.55. The van der Waals surface area contributed by atoms with Crippen LogP contribution in [0.4, 0.5) is 0 Å². The minimum Gasteiger partial charge on any atom is -0.368 e. The van der Waals surface area contributed by atoms with E-state index in [-0.39, 0.29) is 11.8 Å². The Kier molecular flexibility index (Phi) is 6.02. The number of nitrogens with one attached hydrogen (secondary N) is 1. The van der Waals surface area contributed by atoms with E-state index >= 15 is 0 Å². The second-order valence-corrected chi connectivity index (χ2v) is 7.35. The zero-order valence-corrected chi connectivity index (χ0v) is 13.6. The summed E-state index contributed by atoms with van der Waals surface area (Å²) in [6, 6.07) is 3.72. The van der Waals surface area contributed by atoms with E-state index in [9.17, 15) is 9.59 Å². The third kappa shape index (κ3) is 5.13. The molecule has 1 heterocycles. The Morgan fingerprint density at radius 1 is 1.45 bits per heavy atom. The maximum Gasteiger partial charge on any atom is 0.242 e. The zero-order chi connectivity index (χ0) is 15.3. The number of hydrogen-bond donors (Lipinski definition) is 2. The average Bonchev–Trinajstić information content (AvgIpc) is 2.71. The predicted molar refractivity (Wildman–Crippen MR) is 82.8 cm³/mol. The molecule has 0 spiro atoms. The molecule has 0 aliphatic carbocycles. The van der Waals surface area contributed by atoms with Gasteiger partial charge in [-0.1, -0.05) is 25.4 Å². The van der Waals surface area contributed by atoms with Gasteiger partial charge in [-0.2, -0.15) is 0 Å². The summed E-state index contributed by atoms with van der Waals surface area (Å²) >= 11 is 7.30. The lowest BCUT2D eigenvalue weighted by atomic mass is 9.90. The lowest BCUT2D eigenvalue weighted by Gasteiger charge is -2.29. The summed E-state index contributed by atoms with van der Waals surface area (Å²) in [6.07, 6.45) is 1.45. The molecule has 0 bridgehead atoms. The first-order chi connectivity index (χ1) is 9.23. The number of hydrogen-bond acceptors (Lipinski definition) is 3. The van der Waals surface area contributed by atoms with E-state index < -0.39 is 11.4 Å². The summed E-state index contributed by atoms with van der Waals surface area (Å²) in [5, 5.41) is 2.76. The Labute approximate surface area is 128 Å². The summed E-state index contributed by atoms with van der Waals surface area (Å²) in [5.41, 5.74) is 4.42. The smallest absolute Gasteiger partial charge is 0.242 e. The fraction of sp³-hybridized carbons (Fsp3) is 0.571. The standard InChI is InChI=1S/C14H21ClN2O2S/c1-9(2)8-14(3,13(16)19)17-12(18)7-5-10-4-6-11(15)20-10/h4,6,9H,5,7-8H2,1-3H3,(H2,16,19)(H,17,18)/t14-/m0/s1. The Morgan fingerprint density at radius 3 is 2.55 bits per heavy atom. The zero-order valence-electron chi connectivity index (χ0n) is 12.0. The third-order valence-corrected chi connectivity index (χ3v) is 4.29. The predicted octanol–water partition coefficient (Wildman–Crippen LogP) is 2.74. The molecule has 1 aromatic rings. The van der Waals surface area contributed by atoms with Gasteiger partial charge in [0.1, 0.15) is 5.54 Å². The summed E-state index contributed by atoms with van der Waals surface area (Å²) in [6.45, 7) is 5.65. The van der Waals surface area contributed by atoms with Crippen molar-refractivity contribution in [3.63, 3.8) is 0 Å². The molecule has 20 heavy (non-hydrogen) atoms. The molecule has 0 aromatic carbocycles. The summed E-state index contributed by atoms with van der Waals surface area (Å²) in [7, 11) is 0. The molecule has 4 nitrogen and oxygen atoms in total. The van der Waals surface area contributed by atoms with Gasteiger partial charge in [-0.15, -0.1) is 11.3 Å². The molecule has 0 saturated carbocycles. The molecule has 112 valence electrons. The normalized spacial score (nSPS) is 14.1. The maximum absolute atomic E-state index is 12.0. The molecule has 0 aliphatic heterocycles. The van der Waals surface area contributed by atoms with Gasteiger partial charge >= 0.3 is 0 Å². The van der Waals surface area contributed by atoms with Crippen molar-refractivity contribution in [3.05, 3.63) is 21.3 Å². The van der Waals surface area contributed by atoms with E-state index in [0.29, 0.717) is 23.6 Å². The molecule has 1 aromatic heterocycles. The molecule has 1 atom stereocenters. The number of nitrogens with two attached hydrogens (primary N) is 1. The Hall–Kier alpha value is -1.07. The molecule has 2 amide bonds. The minimum absolute atomic E-state index is 0.170. The van der Waals surface area contributed by atoms with Crippen molar-refractivity contribution in [1.29, 1.82) is 0 Å². The number of primary amides is 1. The van der Waals surface area contributed by atoms with Gasteiger partial charge in [0.25, 0.3) is 0 Å². The third-order valence-electron chi connectivity index (χ3n) is 3.00. The monoisotopic (exact) mass is 316 g/mol. The largest absolute Gasteiger partial charge is 0.368 e. The molecule has 0 unspecified atom stereocenters. The highest BCUT2D eigenvalue weighted by molar-refractivity contribution is 7.16. The highest BCUT2D eigenvalue weighted by Gasteiger charge is 2.33. The van der Waals surface area contributed by atoms with Crippen LogP contribution in [0.25, 0.3) is 0 Å². The first kappa shape index (κ1) is 17.0. The van der Waals surface area contributed by atoms with E-state index in [1.807, 2.05) is 26.0 Å². The summed E-state index contributed by atoms with van der Waals surface area (Å²) in [5.74, 6) is -0.404. The lowest BCUT2D eigenvalue weighted by molar-refractivity contribution is -0.131. The quantitative estimate of drug-likeness (QED) is 0.812. The van der Waals surface area contributed by atoms with Gasteiger partial charge in [-0.3, -0.25) is 9.59 Å². The molecule has 0 fully saturated rings. The Balaban J connectivity index is 2.56. The van der Waals surface area contributed by atoms with Crippen molar-refractivity contribution in [3.8, 4) is 0 Å². The van der Waals surface area contributed by atoms with E-state index in [0.717, 1.165) is 4.88 Å². The van der Waals surface area contributed by atoms with Crippen molar-refractivity contribution in [2.45, 2.75) is 45.6 Å². The lowest BCUT2D eigenvalue weighted by Crippen LogP contribution is -2.56. The second kappa shape index (κ2) is 7.09. The van der Waals surface area contributed by atoms with Crippen LogP contribution in [0.1, 0.15) is 38.5 Å². The van der Waals surface area contributed by atoms with E-state index in [1.54, 1.807) is 6.92 Å². The van der Waals surface area contributed by atoms with Gasteiger partial charge in [0.15, 0.2) is 0 Å². The van der Waals surface area contributed by atoms with E-state index in [1.165, 1.54) is 11.3 Å². The van der Waals surface area contributed by atoms with Gasteiger partial charge in [0.2, 0.25) is 11.8 Å². The highest BCUT2D eigenvalue weighted by Crippen LogP contribution is 2.22. The van der Waals surface area contributed by atoms with Crippen molar-refractivity contribution in [2.24, 2.45) is 11.7 Å². The van der Waals surface area contributed by atoms with E-state index in [4.69, 9.17) is 17.3 Å². The van der Waals surface area contributed by atoms with Crippen LogP contribution in [0.3, 0.4) is 0 Å². The van der Waals surface area contributed by atoms with E-state index in [2.05, 4.69) is 5.32 Å². The van der Waals surface area contributed by atoms with Gasteiger partial charge in [0.05, 0.1) is 4.34 Å². The molecule has 1 rings (SSSR count). The van der Waals surface area contributed by atoms with Crippen molar-refractivity contribution in [2.75, 3.05) is 0 Å². The fourth-order valence-corrected chi connectivity index (χ4v) is 3.21. The van der Waals surface area contributed by atoms with Crippen molar-refractivity contribution < 1.29 is 9.59 Å². The number of carbonyl (C=O) groups is 2. The van der Waals surface area contributed by atoms with Crippen LogP contribution in [0.5, 0.6) is 0 Å². The number of thiophene rings is 1. The summed E-state index contributed by atoms with van der Waals surface area (Å²) in [4.78, 5) is 24.6. The molecule has 0 radical (unpaired) electrons. The van der Waals surface area contributed by atoms with Gasteiger partial charge in [0, 0.05) is 11.3 Å². The van der Waals surface area contributed by atoms with Crippen molar-refractivity contribution >= 4 is 34.8 Å². The topological polar surface area (TPSA) is 72.2 Å². The van der Waals surface area contributed by atoms with Crippen LogP contribution in [0.15, 0.2) is 12.1 Å². The van der Waals surface area contributed by atoms with Crippen LogP contribution in [0.2, 0.25) is 4.34 Å². The van der Waals surface area contributed by atoms with Crippen LogP contribution >= 0.6 is 22.9 Å². The SMILES string of the molecule is CC(C)C[C@](C)(NC(=O)CCc1ccc(Cl)s1)C(N)=O. The number of aryl methyl sites for hydroxylation is 1. The Bertz CT molecular complexity index is 487. The molecule has 0 aliphatic rings. The Morgan fingerprint density at radius 2 is 2.10 bits per heavy atom. The molecule has 6 heteroatoms. The number of rotatable bonds is 7. The fourth-order valence-electron chi connectivity index (χ4n) is 2.12. The average molecular weight is 317 g/mol. The molecular weight excluding hydrogens is 296 g/mol. The minimum atomic E-state index is -0.988. The molecule has 0 saturated heterocycles. The first-order valence-electron chi connectivity index (χ1n) is 6.58. The highest BCUT2D eigenvalue weighted by atomic mass is 35.5. The summed E-state index contributed by atoms with van der Waals surface area (Å²) < 4.78 is 0.710. The molecular formula is C14H21ClN2O2S. The number of amides is 2. The van der Waals surface area contributed by atoms with Gasteiger partial charge in [-0.05, 0) is 37.8 Å². The van der Waals surface area contributed by atoms with Crippen molar-refractivity contribution in [1.82, 2.24) is 5.32 Å². The number of carbonyl (C=O) groups excluding carboxylic acids is 2.